The van der Waals surface area contributed by atoms with Crippen LogP contribution in [0.3, 0.4) is 0 Å². The zero-order valence-corrected chi connectivity index (χ0v) is 3.27. The summed E-state index contributed by atoms with van der Waals surface area (Å²) in [7, 11) is 0. The molecule has 0 spiro atoms. The van der Waals surface area contributed by atoms with Gasteiger partial charge in [-0.25, -0.2) is 0 Å². The van der Waals surface area contributed by atoms with E-state index in [0.29, 0.717) is 12.7 Å². The van der Waals surface area contributed by atoms with Gasteiger partial charge in [0.25, 0.3) is 0 Å². The zero-order valence-electron chi connectivity index (χ0n) is 4.27. The first kappa shape index (κ1) is 2.88. The molecule has 0 aromatic carbocycles. The van der Waals surface area contributed by atoms with Crippen LogP contribution in [0.1, 0.15) is 21.1 Å². The first-order chi connectivity index (χ1) is 2.81. The van der Waals surface area contributed by atoms with Crippen molar-refractivity contribution in [2.75, 3.05) is 0 Å². The van der Waals surface area contributed by atoms with Gasteiger partial charge in [0.15, 0.2) is 0 Å². The van der Waals surface area contributed by atoms with Crippen molar-refractivity contribution in [2.24, 2.45) is 0 Å². The van der Waals surface area contributed by atoms with Crippen molar-refractivity contribution in [3.05, 3.63) is 0 Å². The minimum atomic E-state index is -0.495. The standard InChI is InChI=1S/C4H8O/c1-2-3-4-5/h4H,2-3H2,1H3/i3D. The number of hydrogen-bond donors (Lipinski definition) is 0. The zero-order chi connectivity index (χ0) is 4.99. The van der Waals surface area contributed by atoms with Gasteiger partial charge < -0.3 is 4.79 Å². The van der Waals surface area contributed by atoms with Gasteiger partial charge in [0.1, 0.15) is 6.29 Å². The lowest BCUT2D eigenvalue weighted by atomic mass is 10.4. The molecular weight excluding hydrogens is 64.0 g/mol. The summed E-state index contributed by atoms with van der Waals surface area (Å²) in [6.45, 7) is 1.81. The minimum absolute atomic E-state index is 0.495. The summed E-state index contributed by atoms with van der Waals surface area (Å²) < 4.78 is 6.70. The van der Waals surface area contributed by atoms with Crippen LogP contribution in [-0.4, -0.2) is 6.29 Å². The van der Waals surface area contributed by atoms with Crippen LogP contribution >= 0.6 is 0 Å². The Kier molecular flexibility index (Phi) is 2.12. The molecule has 0 aliphatic heterocycles. The Morgan fingerprint density at radius 2 is 2.80 bits per heavy atom. The maximum Gasteiger partial charge on any atom is 0.119 e. The van der Waals surface area contributed by atoms with Crippen LogP contribution in [0.25, 0.3) is 0 Å². The van der Waals surface area contributed by atoms with Gasteiger partial charge in [-0.05, 0) is 6.42 Å². The molecule has 0 rings (SSSR count). The van der Waals surface area contributed by atoms with Crippen molar-refractivity contribution < 1.29 is 6.17 Å². The molecule has 0 amide bonds. The van der Waals surface area contributed by atoms with Crippen LogP contribution in [0.15, 0.2) is 0 Å². The van der Waals surface area contributed by atoms with Crippen molar-refractivity contribution >= 4 is 6.29 Å². The van der Waals surface area contributed by atoms with E-state index in [0.717, 1.165) is 0 Å². The number of carbonyl (C=O) groups is 1. The summed E-state index contributed by atoms with van der Waals surface area (Å²) in [6.07, 6.45) is 0.772. The third-order valence-corrected chi connectivity index (χ3v) is 0.332. The first-order valence-electron chi connectivity index (χ1n) is 2.26. The van der Waals surface area contributed by atoms with Crippen molar-refractivity contribution in [1.29, 1.82) is 0 Å². The summed E-state index contributed by atoms with van der Waals surface area (Å²) in [4.78, 5) is 9.55. The summed E-state index contributed by atoms with van der Waals surface area (Å²) in [5, 5.41) is 0. The third kappa shape index (κ3) is 3.67. The van der Waals surface area contributed by atoms with E-state index in [1.54, 1.807) is 0 Å². The summed E-state index contributed by atoms with van der Waals surface area (Å²) in [6, 6.07) is 0. The second-order valence-electron chi connectivity index (χ2n) is 0.780. The molecule has 0 bridgehead atoms. The molecule has 0 aromatic heterocycles. The van der Waals surface area contributed by atoms with Gasteiger partial charge >= 0.3 is 0 Å². The largest absolute Gasteiger partial charge is 0.303 e. The van der Waals surface area contributed by atoms with Gasteiger partial charge in [-0.3, -0.25) is 0 Å². The molecule has 0 heterocycles. The van der Waals surface area contributed by atoms with Crippen LogP contribution in [0.5, 0.6) is 0 Å². The van der Waals surface area contributed by atoms with E-state index in [1.807, 2.05) is 6.92 Å². The number of hydrogen-bond acceptors (Lipinski definition) is 1. The van der Waals surface area contributed by atoms with E-state index in [9.17, 15) is 4.79 Å². The lowest BCUT2D eigenvalue weighted by Gasteiger charge is -1.68. The van der Waals surface area contributed by atoms with Crippen LogP contribution in [0.2, 0.25) is 0 Å². The van der Waals surface area contributed by atoms with Gasteiger partial charge in [0, 0.05) is 7.77 Å². The maximum atomic E-state index is 9.55. The molecular formula is C4H8O. The van der Waals surface area contributed by atoms with E-state index in [4.69, 9.17) is 1.37 Å². The Bertz CT molecular complexity index is 44.8. The fraction of sp³-hybridized carbons (Fsp3) is 0.750. The van der Waals surface area contributed by atoms with Gasteiger partial charge in [0.05, 0.1) is 0 Å². The molecule has 0 aliphatic rings. The Morgan fingerprint density at radius 3 is 2.80 bits per heavy atom. The van der Waals surface area contributed by atoms with Gasteiger partial charge in [0.2, 0.25) is 0 Å². The molecule has 1 heteroatoms. The predicted octanol–water partition coefficient (Wildman–Crippen LogP) is 0.985. The van der Waals surface area contributed by atoms with E-state index >= 15 is 0 Å². The molecule has 1 unspecified atom stereocenters. The monoisotopic (exact) mass is 73.1 g/mol. The van der Waals surface area contributed by atoms with Gasteiger partial charge in [-0.1, -0.05) is 6.92 Å². The van der Waals surface area contributed by atoms with E-state index in [2.05, 4.69) is 0 Å². The highest BCUT2D eigenvalue weighted by atomic mass is 16.1. The quantitative estimate of drug-likeness (QED) is 0.445. The first-order valence-corrected chi connectivity index (χ1v) is 1.68. The molecule has 0 N–H and O–H groups in total. The van der Waals surface area contributed by atoms with E-state index < -0.39 is 6.40 Å². The van der Waals surface area contributed by atoms with Crippen LogP contribution in [-0.2, 0) is 4.79 Å². The van der Waals surface area contributed by atoms with Crippen molar-refractivity contribution in [2.45, 2.75) is 19.7 Å². The molecule has 0 saturated carbocycles. The molecule has 0 aliphatic carbocycles. The van der Waals surface area contributed by atoms with Gasteiger partial charge in [-0.15, -0.1) is 0 Å². The smallest absolute Gasteiger partial charge is 0.119 e. The van der Waals surface area contributed by atoms with Crippen molar-refractivity contribution in [1.82, 2.24) is 0 Å². The molecule has 0 aromatic rings. The molecule has 1 atom stereocenters. The average Bonchev–Trinajstić information content (AvgIpc) is 1.65. The fourth-order valence-corrected chi connectivity index (χ4v) is 0.0962. The molecule has 5 heavy (non-hydrogen) atoms. The lowest BCUT2D eigenvalue weighted by molar-refractivity contribution is -0.107. The summed E-state index contributed by atoms with van der Waals surface area (Å²) >= 11 is 0. The highest BCUT2D eigenvalue weighted by Crippen LogP contribution is 1.74. The molecule has 0 radical (unpaired) electrons. The lowest BCUT2D eigenvalue weighted by Crippen LogP contribution is -1.64. The Morgan fingerprint density at radius 1 is 2.20 bits per heavy atom. The number of rotatable bonds is 2. The molecule has 1 nitrogen and oxygen atoms in total. The third-order valence-electron chi connectivity index (χ3n) is 0.332. The number of carbonyl (C=O) groups excluding carboxylic acids is 1. The highest BCUT2D eigenvalue weighted by Gasteiger charge is 1.66. The normalized spacial score (nSPS) is 16.6. The van der Waals surface area contributed by atoms with Gasteiger partial charge in [-0.2, -0.15) is 0 Å². The van der Waals surface area contributed by atoms with Crippen molar-refractivity contribution in [3.8, 4) is 0 Å². The fourth-order valence-electron chi connectivity index (χ4n) is 0.0962. The molecule has 30 valence electrons. The average molecular weight is 73.1 g/mol. The van der Waals surface area contributed by atoms with Crippen LogP contribution in [0, 0.1) is 0 Å². The van der Waals surface area contributed by atoms with Crippen LogP contribution in [0.4, 0.5) is 0 Å². The van der Waals surface area contributed by atoms with Crippen molar-refractivity contribution in [3.63, 3.8) is 0 Å². The van der Waals surface area contributed by atoms with E-state index in [1.165, 1.54) is 0 Å². The predicted molar refractivity (Wildman–Crippen MR) is 21.0 cm³/mol. The second kappa shape index (κ2) is 3.67. The maximum absolute atomic E-state index is 9.55. The SMILES string of the molecule is [2H]C(C=O)CC. The molecule has 0 fully saturated rings. The highest BCUT2D eigenvalue weighted by molar-refractivity contribution is 5.48. The summed E-state index contributed by atoms with van der Waals surface area (Å²) in [5.41, 5.74) is 0. The Hall–Kier alpha value is -0.330. The molecule has 0 saturated heterocycles. The summed E-state index contributed by atoms with van der Waals surface area (Å²) in [5.74, 6) is 0. The van der Waals surface area contributed by atoms with Crippen LogP contribution < -0.4 is 0 Å². The topological polar surface area (TPSA) is 17.1 Å². The number of aldehydes is 1. The minimum Gasteiger partial charge on any atom is -0.303 e. The Labute approximate surface area is 33.4 Å². The van der Waals surface area contributed by atoms with E-state index in [-0.39, 0.29) is 0 Å². The second-order valence-corrected chi connectivity index (χ2v) is 0.780. The Balaban J connectivity index is 2.96.